The fourth-order valence-corrected chi connectivity index (χ4v) is 6.55. The maximum Gasteiger partial charge on any atom is 0.251 e. The summed E-state index contributed by atoms with van der Waals surface area (Å²) in [5, 5.41) is 4.16. The molecule has 0 bridgehead atoms. The van der Waals surface area contributed by atoms with Crippen molar-refractivity contribution in [2.75, 3.05) is 0 Å². The zero-order valence-corrected chi connectivity index (χ0v) is 21.5. The number of aromatic nitrogens is 3. The van der Waals surface area contributed by atoms with Crippen molar-refractivity contribution in [3.8, 4) is 0 Å². The number of carbonyl (C=O) groups is 1. The van der Waals surface area contributed by atoms with Crippen LogP contribution < -0.4 is 5.32 Å². The minimum absolute atomic E-state index is 0.00763. The van der Waals surface area contributed by atoms with Gasteiger partial charge in [0.2, 0.25) is 0 Å². The topological polar surface area (TPSA) is 70.7 Å². The lowest BCUT2D eigenvalue weighted by molar-refractivity contribution is 0.0928. The molecule has 2 N–H and O–H groups in total. The van der Waals surface area contributed by atoms with Gasteiger partial charge in [-0.05, 0) is 98.4 Å². The number of aromatic amines is 1. The molecule has 6 rings (SSSR count). The highest BCUT2D eigenvalue weighted by atomic mass is 19.1. The summed E-state index contributed by atoms with van der Waals surface area (Å²) in [4.78, 5) is 25.7. The summed E-state index contributed by atoms with van der Waals surface area (Å²) in [6, 6.07) is 13.1. The number of hydrogen-bond donors (Lipinski definition) is 2. The summed E-state index contributed by atoms with van der Waals surface area (Å²) in [6.45, 7) is 2.26. The number of pyridine rings is 1. The zero-order chi connectivity index (χ0) is 25.4. The lowest BCUT2D eigenvalue weighted by atomic mass is 9.73. The molecule has 2 aromatic carbocycles. The van der Waals surface area contributed by atoms with Crippen LogP contribution in [0, 0.1) is 11.7 Å². The van der Waals surface area contributed by atoms with Crippen LogP contribution in [0.4, 0.5) is 4.39 Å². The van der Waals surface area contributed by atoms with E-state index in [-0.39, 0.29) is 11.7 Å². The second kappa shape index (κ2) is 10.2. The van der Waals surface area contributed by atoms with Gasteiger partial charge in [0.1, 0.15) is 11.6 Å². The number of H-pyrrole nitrogens is 1. The van der Waals surface area contributed by atoms with Crippen molar-refractivity contribution < 1.29 is 9.18 Å². The van der Waals surface area contributed by atoms with E-state index in [0.29, 0.717) is 29.4 Å². The van der Waals surface area contributed by atoms with Gasteiger partial charge in [0.15, 0.2) is 0 Å². The van der Waals surface area contributed by atoms with E-state index in [0.717, 1.165) is 66.3 Å². The monoisotopic (exact) mass is 498 g/mol. The van der Waals surface area contributed by atoms with E-state index >= 15 is 0 Å². The fourth-order valence-electron chi connectivity index (χ4n) is 6.55. The third kappa shape index (κ3) is 4.98. The Balaban J connectivity index is 1.13. The van der Waals surface area contributed by atoms with Crippen LogP contribution in [0.15, 0.2) is 48.7 Å². The number of nitrogens with one attached hydrogen (secondary N) is 2. The highest BCUT2D eigenvalue weighted by molar-refractivity contribution is 5.97. The molecule has 2 heterocycles. The van der Waals surface area contributed by atoms with Gasteiger partial charge in [0.05, 0.1) is 16.6 Å². The Bertz CT molecular complexity index is 1420. The number of benzene rings is 2. The first-order valence-electron chi connectivity index (χ1n) is 13.9. The minimum Gasteiger partial charge on any atom is -0.349 e. The van der Waals surface area contributed by atoms with Gasteiger partial charge in [-0.2, -0.15) is 0 Å². The van der Waals surface area contributed by atoms with Crippen molar-refractivity contribution in [3.63, 3.8) is 0 Å². The molecule has 37 heavy (non-hydrogen) atoms. The van der Waals surface area contributed by atoms with Gasteiger partial charge in [0, 0.05) is 29.1 Å². The molecule has 6 heteroatoms. The van der Waals surface area contributed by atoms with Crippen LogP contribution in [0.3, 0.4) is 0 Å². The number of fused-ring (bicyclic) bond motifs is 2. The molecular formula is C31H35FN4O. The average molecular weight is 499 g/mol. The van der Waals surface area contributed by atoms with Crippen LogP contribution in [0.25, 0.3) is 21.9 Å². The molecule has 0 saturated heterocycles. The Hall–Kier alpha value is -3.28. The predicted molar refractivity (Wildman–Crippen MR) is 145 cm³/mol. The molecule has 4 aromatic rings. The van der Waals surface area contributed by atoms with Crippen LogP contribution in [0.5, 0.6) is 0 Å². The molecule has 2 fully saturated rings. The molecule has 192 valence electrons. The molecule has 2 saturated carbocycles. The Morgan fingerprint density at radius 1 is 0.973 bits per heavy atom. The quantitative estimate of drug-likeness (QED) is 0.301. The molecular weight excluding hydrogens is 463 g/mol. The number of hydrogen-bond acceptors (Lipinski definition) is 3. The van der Waals surface area contributed by atoms with E-state index in [4.69, 9.17) is 4.98 Å². The summed E-state index contributed by atoms with van der Waals surface area (Å²) in [7, 11) is 0. The third-order valence-corrected chi connectivity index (χ3v) is 8.79. The van der Waals surface area contributed by atoms with Gasteiger partial charge in [0.25, 0.3) is 5.91 Å². The summed E-state index contributed by atoms with van der Waals surface area (Å²) in [5.41, 5.74) is 4.61. The van der Waals surface area contributed by atoms with Crippen molar-refractivity contribution in [1.29, 1.82) is 0 Å². The lowest BCUT2D eigenvalue weighted by Crippen LogP contribution is -2.36. The van der Waals surface area contributed by atoms with Gasteiger partial charge in [-0.25, -0.2) is 9.37 Å². The van der Waals surface area contributed by atoms with Crippen molar-refractivity contribution in [3.05, 3.63) is 71.4 Å². The fraction of sp³-hybridized carbons (Fsp3) is 0.452. The highest BCUT2D eigenvalue weighted by Crippen LogP contribution is 2.43. The van der Waals surface area contributed by atoms with Crippen LogP contribution >= 0.6 is 0 Å². The van der Waals surface area contributed by atoms with Gasteiger partial charge < -0.3 is 10.3 Å². The van der Waals surface area contributed by atoms with E-state index in [9.17, 15) is 9.18 Å². The smallest absolute Gasteiger partial charge is 0.251 e. The van der Waals surface area contributed by atoms with E-state index < -0.39 is 0 Å². The van der Waals surface area contributed by atoms with E-state index in [1.165, 1.54) is 30.9 Å². The SMILES string of the molecule is CC(c1nc2cc(C(=O)NC3CCCCC3)ccc2[nH]1)[C@H]1CC[C@H](c2ccnc3ccc(F)cc32)CC1. The minimum atomic E-state index is -0.205. The first-order chi connectivity index (χ1) is 18.0. The predicted octanol–water partition coefficient (Wildman–Crippen LogP) is 7.39. The molecule has 0 aliphatic heterocycles. The van der Waals surface area contributed by atoms with Crippen molar-refractivity contribution in [2.24, 2.45) is 5.92 Å². The number of rotatable bonds is 5. The molecule has 5 nitrogen and oxygen atoms in total. The lowest BCUT2D eigenvalue weighted by Gasteiger charge is -2.32. The molecule has 1 unspecified atom stereocenters. The van der Waals surface area contributed by atoms with Crippen LogP contribution in [0.1, 0.15) is 98.3 Å². The van der Waals surface area contributed by atoms with Crippen molar-refractivity contribution >= 4 is 27.8 Å². The van der Waals surface area contributed by atoms with Gasteiger partial charge in [-0.1, -0.05) is 26.2 Å². The van der Waals surface area contributed by atoms with Crippen LogP contribution in [-0.4, -0.2) is 26.9 Å². The number of nitrogens with zero attached hydrogens (tertiary/aromatic N) is 2. The molecule has 0 radical (unpaired) electrons. The largest absolute Gasteiger partial charge is 0.349 e. The van der Waals surface area contributed by atoms with Crippen molar-refractivity contribution in [1.82, 2.24) is 20.3 Å². The molecule has 1 atom stereocenters. The molecule has 1 amide bonds. The van der Waals surface area contributed by atoms with Gasteiger partial charge >= 0.3 is 0 Å². The Morgan fingerprint density at radius 2 is 1.78 bits per heavy atom. The standard InChI is InChI=1S/C31H35FN4O/c1-19(20-7-9-21(10-8-20)25-15-16-33-27-14-12-23(32)18-26(25)27)30-35-28-13-11-22(17-29(28)36-30)31(37)34-24-5-3-2-4-6-24/h11-21,24H,2-10H2,1H3,(H,34,37)(H,35,36)/t19?,20-,21-. The molecule has 2 aliphatic carbocycles. The number of imidazole rings is 1. The molecule has 2 aliphatic rings. The highest BCUT2D eigenvalue weighted by Gasteiger charge is 2.29. The Kier molecular flexibility index (Phi) is 6.66. The second-order valence-electron chi connectivity index (χ2n) is 11.1. The first-order valence-corrected chi connectivity index (χ1v) is 13.9. The Labute approximate surface area is 217 Å². The first kappa shape index (κ1) is 24.1. The van der Waals surface area contributed by atoms with Crippen LogP contribution in [-0.2, 0) is 0 Å². The zero-order valence-electron chi connectivity index (χ0n) is 21.5. The van der Waals surface area contributed by atoms with E-state index in [1.54, 1.807) is 12.1 Å². The summed E-state index contributed by atoms with van der Waals surface area (Å²) < 4.78 is 13.9. The summed E-state index contributed by atoms with van der Waals surface area (Å²) in [5.74, 6) is 2.07. The number of amides is 1. The normalized spacial score (nSPS) is 21.8. The van der Waals surface area contributed by atoms with Crippen molar-refractivity contribution in [2.45, 2.75) is 82.6 Å². The van der Waals surface area contributed by atoms with E-state index in [2.05, 4.69) is 28.3 Å². The summed E-state index contributed by atoms with van der Waals surface area (Å²) in [6.07, 6.45) is 12.1. The van der Waals surface area contributed by atoms with Gasteiger partial charge in [-0.15, -0.1) is 0 Å². The average Bonchev–Trinajstić information content (AvgIpc) is 3.36. The second-order valence-corrected chi connectivity index (χ2v) is 11.1. The summed E-state index contributed by atoms with van der Waals surface area (Å²) >= 11 is 0. The maximum atomic E-state index is 13.9. The van der Waals surface area contributed by atoms with Crippen LogP contribution in [0.2, 0.25) is 0 Å². The third-order valence-electron chi connectivity index (χ3n) is 8.79. The number of halogens is 1. The molecule has 2 aromatic heterocycles. The number of carbonyl (C=O) groups excluding carboxylic acids is 1. The maximum absolute atomic E-state index is 13.9. The van der Waals surface area contributed by atoms with Gasteiger partial charge in [-0.3, -0.25) is 9.78 Å². The van der Waals surface area contributed by atoms with E-state index in [1.807, 2.05) is 24.4 Å². The Morgan fingerprint density at radius 3 is 2.59 bits per heavy atom. The molecule has 0 spiro atoms.